The lowest BCUT2D eigenvalue weighted by Crippen LogP contribution is -2.40. The molecule has 1 N–H and O–H groups in total. The lowest BCUT2D eigenvalue weighted by molar-refractivity contribution is -0.136. The smallest absolute Gasteiger partial charge is 0.307 e. The molecule has 0 fully saturated rings. The molecule has 1 aromatic heterocycles. The molecule has 0 radical (unpaired) electrons. The summed E-state index contributed by atoms with van der Waals surface area (Å²) >= 11 is 13.2. The largest absolute Gasteiger partial charge is 0.481 e. The number of thiophene rings is 1. The second kappa shape index (κ2) is 6.35. The fourth-order valence-electron chi connectivity index (χ4n) is 3.14. The van der Waals surface area contributed by atoms with Crippen LogP contribution in [0.25, 0.3) is 0 Å². The number of fused-ring (bicyclic) bond motifs is 1. The van der Waals surface area contributed by atoms with Crippen LogP contribution in [0, 0.1) is 0 Å². The summed E-state index contributed by atoms with van der Waals surface area (Å²) in [5.41, 5.74) is 2.05. The van der Waals surface area contributed by atoms with Crippen LogP contribution in [0.2, 0.25) is 4.34 Å². The number of halogens is 2. The fraction of sp³-hybridized carbons (Fsp3) is 0.312. The van der Waals surface area contributed by atoms with Gasteiger partial charge in [-0.25, -0.2) is 0 Å². The maximum absolute atomic E-state index is 12.9. The van der Waals surface area contributed by atoms with Gasteiger partial charge in [0.15, 0.2) is 5.78 Å². The summed E-state index contributed by atoms with van der Waals surface area (Å²) in [7, 11) is 0. The number of alkyl halides is 1. The minimum absolute atomic E-state index is 0.247. The standard InChI is InChI=1S/C16H13Cl2NO4S/c1-7-9(4-15(21)22)10-3-13(20)11(17)5-12(10)19(7)16(23)8-2-14(18)24-6-8/h2-3,6,11-12H,4-5H2,1H3,(H,21,22). The van der Waals surface area contributed by atoms with E-state index in [4.69, 9.17) is 28.3 Å². The Bertz CT molecular complexity index is 811. The first kappa shape index (κ1) is 17.2. The van der Waals surface area contributed by atoms with E-state index in [1.165, 1.54) is 22.3 Å². The van der Waals surface area contributed by atoms with E-state index < -0.39 is 17.4 Å². The molecule has 24 heavy (non-hydrogen) atoms. The summed E-state index contributed by atoms with van der Waals surface area (Å²) in [6, 6.07) is 1.15. The third kappa shape index (κ3) is 2.90. The number of hydrogen-bond donors (Lipinski definition) is 1. The maximum Gasteiger partial charge on any atom is 0.307 e. The van der Waals surface area contributed by atoms with Crippen molar-refractivity contribution in [3.63, 3.8) is 0 Å². The van der Waals surface area contributed by atoms with Crippen LogP contribution in [-0.2, 0) is 9.59 Å². The maximum atomic E-state index is 12.9. The third-order valence-electron chi connectivity index (χ3n) is 4.22. The molecular weight excluding hydrogens is 373 g/mol. The zero-order valence-corrected chi connectivity index (χ0v) is 14.9. The molecule has 0 bridgehead atoms. The first-order valence-electron chi connectivity index (χ1n) is 7.18. The molecule has 3 rings (SSSR count). The van der Waals surface area contributed by atoms with Crippen LogP contribution in [0.5, 0.6) is 0 Å². The summed E-state index contributed by atoms with van der Waals surface area (Å²) in [5.74, 6) is -1.55. The van der Waals surface area contributed by atoms with Crippen molar-refractivity contribution in [2.24, 2.45) is 0 Å². The molecule has 1 aliphatic heterocycles. The van der Waals surface area contributed by atoms with Gasteiger partial charge in [0.05, 0.1) is 27.7 Å². The first-order valence-corrected chi connectivity index (χ1v) is 8.88. The average molecular weight is 386 g/mol. The SMILES string of the molecule is CC1=C(CC(=O)O)C2=CC(=O)C(Cl)CC2N1C(=O)c1csc(Cl)c1. The van der Waals surface area contributed by atoms with E-state index in [1.54, 1.807) is 18.4 Å². The molecule has 2 heterocycles. The van der Waals surface area contributed by atoms with E-state index in [2.05, 4.69) is 0 Å². The average Bonchev–Trinajstić information content (AvgIpc) is 3.03. The van der Waals surface area contributed by atoms with Crippen molar-refractivity contribution < 1.29 is 19.5 Å². The fourth-order valence-corrected chi connectivity index (χ4v) is 4.22. The minimum atomic E-state index is -1.02. The van der Waals surface area contributed by atoms with Gasteiger partial charge in [-0.2, -0.15) is 0 Å². The predicted molar refractivity (Wildman–Crippen MR) is 91.6 cm³/mol. The van der Waals surface area contributed by atoms with Crippen molar-refractivity contribution in [3.05, 3.63) is 44.3 Å². The Kier molecular flexibility index (Phi) is 4.55. The highest BCUT2D eigenvalue weighted by atomic mass is 35.5. The van der Waals surface area contributed by atoms with Crippen molar-refractivity contribution in [1.29, 1.82) is 0 Å². The first-order chi connectivity index (χ1) is 11.3. The second-order valence-electron chi connectivity index (χ2n) is 5.67. The summed E-state index contributed by atoms with van der Waals surface area (Å²) in [4.78, 5) is 37.5. The number of carboxylic acid groups (broad SMARTS) is 1. The van der Waals surface area contributed by atoms with E-state index in [0.29, 0.717) is 26.7 Å². The molecule has 5 nitrogen and oxygen atoms in total. The Balaban J connectivity index is 2.06. The van der Waals surface area contributed by atoms with Crippen molar-refractivity contribution in [3.8, 4) is 0 Å². The Morgan fingerprint density at radius 3 is 2.75 bits per heavy atom. The highest BCUT2D eigenvalue weighted by molar-refractivity contribution is 7.14. The van der Waals surface area contributed by atoms with E-state index in [9.17, 15) is 14.4 Å². The summed E-state index contributed by atoms with van der Waals surface area (Å²) in [5, 5.41) is 10.1. The summed E-state index contributed by atoms with van der Waals surface area (Å²) in [6.07, 6.45) is 1.39. The molecule has 2 unspecified atom stereocenters. The number of aliphatic carboxylic acids is 1. The van der Waals surface area contributed by atoms with Crippen LogP contribution in [-0.4, -0.2) is 39.1 Å². The summed E-state index contributed by atoms with van der Waals surface area (Å²) < 4.78 is 0.495. The molecule has 1 amide bonds. The van der Waals surface area contributed by atoms with E-state index in [1.807, 2.05) is 0 Å². The molecule has 1 aliphatic carbocycles. The van der Waals surface area contributed by atoms with Gasteiger partial charge in [0.25, 0.3) is 5.91 Å². The van der Waals surface area contributed by atoms with Crippen molar-refractivity contribution in [1.82, 2.24) is 4.90 Å². The predicted octanol–water partition coefficient (Wildman–Crippen LogP) is 3.48. The number of hydrogen-bond acceptors (Lipinski definition) is 4. The number of rotatable bonds is 3. The van der Waals surface area contributed by atoms with Crippen molar-refractivity contribution in [2.75, 3.05) is 0 Å². The van der Waals surface area contributed by atoms with E-state index >= 15 is 0 Å². The number of carbonyl (C=O) groups is 3. The molecule has 1 aromatic rings. The van der Waals surface area contributed by atoms with Gasteiger partial charge in [0.1, 0.15) is 0 Å². The molecule has 2 atom stereocenters. The zero-order chi connectivity index (χ0) is 17.6. The van der Waals surface area contributed by atoms with Gasteiger partial charge >= 0.3 is 5.97 Å². The Labute approximate surface area is 152 Å². The van der Waals surface area contributed by atoms with Gasteiger partial charge in [-0.15, -0.1) is 22.9 Å². The Hall–Kier alpha value is -1.63. The summed E-state index contributed by atoms with van der Waals surface area (Å²) in [6.45, 7) is 1.69. The molecule has 126 valence electrons. The van der Waals surface area contributed by atoms with E-state index in [-0.39, 0.29) is 24.5 Å². The van der Waals surface area contributed by atoms with Gasteiger partial charge in [0, 0.05) is 11.1 Å². The van der Waals surface area contributed by atoms with Crippen LogP contribution in [0.1, 0.15) is 30.1 Å². The highest BCUT2D eigenvalue weighted by Crippen LogP contribution is 2.42. The lowest BCUT2D eigenvalue weighted by Gasteiger charge is -2.30. The van der Waals surface area contributed by atoms with E-state index in [0.717, 1.165) is 0 Å². The van der Waals surface area contributed by atoms with Crippen LogP contribution >= 0.6 is 34.5 Å². The topological polar surface area (TPSA) is 74.7 Å². The monoisotopic (exact) mass is 385 g/mol. The Morgan fingerprint density at radius 2 is 2.17 bits per heavy atom. The lowest BCUT2D eigenvalue weighted by atomic mass is 9.89. The van der Waals surface area contributed by atoms with Gasteiger partial charge in [-0.3, -0.25) is 14.4 Å². The number of amides is 1. The number of carboxylic acids is 1. The van der Waals surface area contributed by atoms with Gasteiger partial charge in [-0.1, -0.05) is 11.6 Å². The number of carbonyl (C=O) groups excluding carboxylic acids is 2. The second-order valence-corrected chi connectivity index (χ2v) is 7.74. The third-order valence-corrected chi connectivity index (χ3v) is 5.70. The Morgan fingerprint density at radius 1 is 1.46 bits per heavy atom. The van der Waals surface area contributed by atoms with Crippen LogP contribution in [0.3, 0.4) is 0 Å². The van der Waals surface area contributed by atoms with Gasteiger partial charge in [-0.05, 0) is 36.6 Å². The molecule has 0 saturated heterocycles. The molecule has 8 heteroatoms. The zero-order valence-electron chi connectivity index (χ0n) is 12.6. The molecular formula is C16H13Cl2NO4S. The molecule has 2 aliphatic rings. The van der Waals surface area contributed by atoms with Crippen molar-refractivity contribution >= 4 is 52.2 Å². The van der Waals surface area contributed by atoms with Crippen LogP contribution in [0.15, 0.2) is 34.4 Å². The normalized spacial score (nSPS) is 23.4. The van der Waals surface area contributed by atoms with Crippen LogP contribution < -0.4 is 0 Å². The quantitative estimate of drug-likeness (QED) is 0.808. The van der Waals surface area contributed by atoms with Gasteiger partial charge in [0.2, 0.25) is 0 Å². The molecule has 0 spiro atoms. The number of allylic oxidation sites excluding steroid dienone is 2. The molecule has 0 saturated carbocycles. The van der Waals surface area contributed by atoms with Crippen LogP contribution in [0.4, 0.5) is 0 Å². The highest BCUT2D eigenvalue weighted by Gasteiger charge is 2.43. The van der Waals surface area contributed by atoms with Crippen molar-refractivity contribution in [2.45, 2.75) is 31.2 Å². The molecule has 0 aromatic carbocycles. The number of nitrogens with zero attached hydrogens (tertiary/aromatic N) is 1. The minimum Gasteiger partial charge on any atom is -0.481 e. The number of ketones is 1. The van der Waals surface area contributed by atoms with Gasteiger partial charge < -0.3 is 10.0 Å².